The molecule has 132 valence electrons. The molecule has 0 atom stereocenters. The van der Waals surface area contributed by atoms with Gasteiger partial charge in [0, 0.05) is 36.7 Å². The first-order valence-corrected chi connectivity index (χ1v) is 8.49. The highest BCUT2D eigenvalue weighted by atomic mass is 16.5. The van der Waals surface area contributed by atoms with Gasteiger partial charge in [-0.2, -0.15) is 0 Å². The van der Waals surface area contributed by atoms with Crippen LogP contribution >= 0.6 is 0 Å². The molecule has 1 aliphatic heterocycles. The third kappa shape index (κ3) is 3.57. The van der Waals surface area contributed by atoms with Gasteiger partial charge in [0.2, 0.25) is 5.95 Å². The highest BCUT2D eigenvalue weighted by Gasteiger charge is 2.14. The number of morpholine rings is 1. The van der Waals surface area contributed by atoms with E-state index in [0.29, 0.717) is 30.4 Å². The second-order valence-electron chi connectivity index (χ2n) is 5.96. The summed E-state index contributed by atoms with van der Waals surface area (Å²) >= 11 is 0. The van der Waals surface area contributed by atoms with Crippen molar-refractivity contribution in [1.82, 2.24) is 14.5 Å². The van der Waals surface area contributed by atoms with Crippen LogP contribution in [0.4, 0.5) is 11.6 Å². The maximum atomic E-state index is 12.4. The number of benzene rings is 1. The largest absolute Gasteiger partial charge is 0.378 e. The highest BCUT2D eigenvalue weighted by molar-refractivity contribution is 6.04. The molecule has 0 bridgehead atoms. The van der Waals surface area contributed by atoms with Gasteiger partial charge in [-0.3, -0.25) is 4.79 Å². The molecule has 7 nitrogen and oxygen atoms in total. The van der Waals surface area contributed by atoms with Crippen molar-refractivity contribution in [3.8, 4) is 5.69 Å². The Balaban J connectivity index is 1.41. The van der Waals surface area contributed by atoms with Crippen molar-refractivity contribution in [2.75, 3.05) is 36.5 Å². The molecule has 2 aromatic heterocycles. The monoisotopic (exact) mass is 349 g/mol. The molecule has 1 N–H and O–H groups in total. The number of carbonyl (C=O) groups excluding carboxylic acids is 1. The Hall–Kier alpha value is -3.19. The van der Waals surface area contributed by atoms with Crippen LogP contribution in [-0.2, 0) is 4.74 Å². The Morgan fingerprint density at radius 3 is 2.31 bits per heavy atom. The van der Waals surface area contributed by atoms with E-state index in [0.717, 1.165) is 18.8 Å². The molecule has 0 spiro atoms. The number of amides is 1. The van der Waals surface area contributed by atoms with E-state index in [2.05, 4.69) is 20.2 Å². The average molecular weight is 349 g/mol. The Kier molecular flexibility index (Phi) is 4.61. The summed E-state index contributed by atoms with van der Waals surface area (Å²) in [5.41, 5.74) is 2.16. The average Bonchev–Trinajstić information content (AvgIpc) is 3.24. The molecular weight excluding hydrogens is 330 g/mol. The topological polar surface area (TPSA) is 72.3 Å². The minimum absolute atomic E-state index is 0.188. The van der Waals surface area contributed by atoms with E-state index in [-0.39, 0.29) is 5.91 Å². The number of hydrogen-bond acceptors (Lipinski definition) is 5. The van der Waals surface area contributed by atoms with Crippen molar-refractivity contribution < 1.29 is 9.53 Å². The molecule has 1 amide bonds. The number of aromatic nitrogens is 3. The van der Waals surface area contributed by atoms with Crippen LogP contribution in [0.1, 0.15) is 10.4 Å². The maximum Gasteiger partial charge on any atom is 0.255 e. The Morgan fingerprint density at radius 2 is 1.65 bits per heavy atom. The van der Waals surface area contributed by atoms with E-state index in [1.165, 1.54) is 0 Å². The van der Waals surface area contributed by atoms with Gasteiger partial charge in [0.25, 0.3) is 5.91 Å². The van der Waals surface area contributed by atoms with Crippen LogP contribution in [-0.4, -0.2) is 46.7 Å². The summed E-state index contributed by atoms with van der Waals surface area (Å²) in [6.45, 7) is 2.92. The molecule has 0 aliphatic carbocycles. The molecule has 1 aliphatic rings. The molecule has 0 radical (unpaired) electrons. The van der Waals surface area contributed by atoms with E-state index >= 15 is 0 Å². The van der Waals surface area contributed by atoms with Crippen molar-refractivity contribution in [3.05, 3.63) is 66.7 Å². The van der Waals surface area contributed by atoms with Crippen molar-refractivity contribution in [2.24, 2.45) is 0 Å². The van der Waals surface area contributed by atoms with E-state index in [1.54, 1.807) is 24.5 Å². The van der Waals surface area contributed by atoms with Gasteiger partial charge < -0.3 is 19.5 Å². The van der Waals surface area contributed by atoms with Gasteiger partial charge >= 0.3 is 0 Å². The first kappa shape index (κ1) is 16.3. The third-order valence-electron chi connectivity index (χ3n) is 4.22. The van der Waals surface area contributed by atoms with Gasteiger partial charge in [-0.1, -0.05) is 0 Å². The number of nitrogens with zero attached hydrogens (tertiary/aromatic N) is 4. The van der Waals surface area contributed by atoms with E-state index in [9.17, 15) is 4.79 Å². The predicted molar refractivity (Wildman–Crippen MR) is 98.8 cm³/mol. The van der Waals surface area contributed by atoms with Gasteiger partial charge in [-0.15, -0.1) is 0 Å². The predicted octanol–water partition coefficient (Wildman–Crippen LogP) is 2.36. The number of hydrogen-bond donors (Lipinski definition) is 1. The summed E-state index contributed by atoms with van der Waals surface area (Å²) in [4.78, 5) is 23.1. The number of ether oxygens (including phenoxy) is 1. The molecule has 0 saturated carbocycles. The quantitative estimate of drug-likeness (QED) is 0.783. The first-order valence-electron chi connectivity index (χ1n) is 8.49. The number of anilines is 2. The maximum absolute atomic E-state index is 12.4. The van der Waals surface area contributed by atoms with Crippen molar-refractivity contribution in [2.45, 2.75) is 0 Å². The number of nitrogens with one attached hydrogen (secondary N) is 1. The first-order chi connectivity index (χ1) is 12.8. The summed E-state index contributed by atoms with van der Waals surface area (Å²) in [5.74, 6) is 0.467. The second kappa shape index (κ2) is 7.37. The van der Waals surface area contributed by atoms with Gasteiger partial charge in [-0.05, 0) is 36.4 Å². The molecule has 26 heavy (non-hydrogen) atoms. The van der Waals surface area contributed by atoms with Crippen LogP contribution in [0.25, 0.3) is 5.69 Å². The van der Waals surface area contributed by atoms with Crippen LogP contribution in [0.15, 0.2) is 61.2 Å². The Bertz CT molecular complexity index is 854. The van der Waals surface area contributed by atoms with Crippen molar-refractivity contribution in [3.63, 3.8) is 0 Å². The fraction of sp³-hybridized carbons (Fsp3) is 0.211. The minimum atomic E-state index is -0.188. The third-order valence-corrected chi connectivity index (χ3v) is 4.22. The smallest absolute Gasteiger partial charge is 0.255 e. The molecule has 7 heteroatoms. The molecule has 1 saturated heterocycles. The van der Waals surface area contributed by atoms with Gasteiger partial charge in [0.15, 0.2) is 0 Å². The molecular formula is C19H19N5O2. The highest BCUT2D eigenvalue weighted by Crippen LogP contribution is 2.14. The summed E-state index contributed by atoms with van der Waals surface area (Å²) in [6.07, 6.45) is 7.18. The molecule has 1 aromatic carbocycles. The van der Waals surface area contributed by atoms with E-state index in [4.69, 9.17) is 4.74 Å². The zero-order valence-electron chi connectivity index (χ0n) is 14.2. The lowest BCUT2D eigenvalue weighted by Gasteiger charge is -2.26. The van der Waals surface area contributed by atoms with E-state index < -0.39 is 0 Å². The number of rotatable bonds is 4. The Morgan fingerprint density at radius 1 is 1.00 bits per heavy atom. The van der Waals surface area contributed by atoms with Gasteiger partial charge in [0.05, 0.1) is 31.3 Å². The fourth-order valence-electron chi connectivity index (χ4n) is 2.81. The van der Waals surface area contributed by atoms with E-state index in [1.807, 2.05) is 41.2 Å². The molecule has 3 aromatic rings. The molecule has 1 fully saturated rings. The van der Waals surface area contributed by atoms with Crippen LogP contribution in [0.3, 0.4) is 0 Å². The molecule has 4 rings (SSSR count). The minimum Gasteiger partial charge on any atom is -0.378 e. The summed E-state index contributed by atoms with van der Waals surface area (Å²) in [6, 6.07) is 11.3. The SMILES string of the molecule is O=C(Nc1cnc(N2CCOCC2)nc1)c1ccc(-n2cccc2)cc1. The van der Waals surface area contributed by atoms with Gasteiger partial charge in [-0.25, -0.2) is 9.97 Å². The zero-order chi connectivity index (χ0) is 17.8. The summed E-state index contributed by atoms with van der Waals surface area (Å²) in [5, 5.41) is 2.83. The second-order valence-corrected chi connectivity index (χ2v) is 5.96. The molecule has 0 unspecified atom stereocenters. The fourth-order valence-corrected chi connectivity index (χ4v) is 2.81. The standard InChI is InChI=1S/C19H19N5O2/c25-18(15-3-5-17(6-4-15)23-7-1-2-8-23)22-16-13-20-19(21-14-16)24-9-11-26-12-10-24/h1-8,13-14H,9-12H2,(H,22,25). The lowest BCUT2D eigenvalue weighted by atomic mass is 10.2. The molecule has 3 heterocycles. The van der Waals surface area contributed by atoms with Crippen molar-refractivity contribution >= 4 is 17.5 Å². The lowest BCUT2D eigenvalue weighted by Crippen LogP contribution is -2.37. The normalized spacial score (nSPS) is 14.2. The summed E-state index contributed by atoms with van der Waals surface area (Å²) in [7, 11) is 0. The Labute approximate surface area is 151 Å². The number of carbonyl (C=O) groups is 1. The summed E-state index contributed by atoms with van der Waals surface area (Å²) < 4.78 is 7.31. The lowest BCUT2D eigenvalue weighted by molar-refractivity contribution is 0.102. The zero-order valence-corrected chi connectivity index (χ0v) is 14.2. The van der Waals surface area contributed by atoms with Crippen LogP contribution in [0, 0.1) is 0 Å². The van der Waals surface area contributed by atoms with Crippen LogP contribution < -0.4 is 10.2 Å². The van der Waals surface area contributed by atoms with Crippen LogP contribution in [0.5, 0.6) is 0 Å². The van der Waals surface area contributed by atoms with Crippen LogP contribution in [0.2, 0.25) is 0 Å². The van der Waals surface area contributed by atoms with Crippen molar-refractivity contribution in [1.29, 1.82) is 0 Å². The van der Waals surface area contributed by atoms with Gasteiger partial charge in [0.1, 0.15) is 0 Å².